The number of carbonyl (C=O) groups excluding carboxylic acids is 1. The van der Waals surface area contributed by atoms with Gasteiger partial charge in [0.05, 0.1) is 0 Å². The van der Waals surface area contributed by atoms with Gasteiger partial charge in [0.15, 0.2) is 6.61 Å². The van der Waals surface area contributed by atoms with Crippen molar-refractivity contribution in [3.05, 3.63) is 78.0 Å². The fourth-order valence-electron chi connectivity index (χ4n) is 3.51. The molecule has 0 spiro atoms. The molecule has 0 saturated heterocycles. The summed E-state index contributed by atoms with van der Waals surface area (Å²) in [6, 6.07) is 19.4. The van der Waals surface area contributed by atoms with Crippen LogP contribution in [-0.4, -0.2) is 32.9 Å². The average Bonchev–Trinajstić information content (AvgIpc) is 3.16. The van der Waals surface area contributed by atoms with Crippen LogP contribution in [0.4, 0.5) is 5.69 Å². The molecular formula is C25H23N3O4. The highest BCUT2D eigenvalue weighted by atomic mass is 16.5. The summed E-state index contributed by atoms with van der Waals surface area (Å²) in [6.07, 6.45) is 0. The lowest BCUT2D eigenvalue weighted by molar-refractivity contribution is -0.118. The predicted molar refractivity (Wildman–Crippen MR) is 123 cm³/mol. The highest BCUT2D eigenvalue weighted by molar-refractivity contribution is 5.92. The number of phenolic OH excluding ortho intramolecular Hbond substituents is 2. The summed E-state index contributed by atoms with van der Waals surface area (Å²) < 4.78 is 5.55. The number of rotatable bonds is 6. The van der Waals surface area contributed by atoms with Crippen molar-refractivity contribution in [1.82, 2.24) is 10.2 Å². The quantitative estimate of drug-likeness (QED) is 0.330. The highest BCUT2D eigenvalue weighted by Gasteiger charge is 2.17. The smallest absolute Gasteiger partial charge is 0.262 e. The van der Waals surface area contributed by atoms with Crippen molar-refractivity contribution in [3.63, 3.8) is 0 Å². The molecule has 162 valence electrons. The third kappa shape index (κ3) is 4.41. The molecule has 1 aromatic heterocycles. The lowest BCUT2D eigenvalue weighted by Crippen LogP contribution is -2.20. The maximum Gasteiger partial charge on any atom is 0.262 e. The molecule has 4 aromatic rings. The van der Waals surface area contributed by atoms with Crippen molar-refractivity contribution in [3.8, 4) is 39.6 Å². The van der Waals surface area contributed by atoms with Gasteiger partial charge in [-0.15, -0.1) is 0 Å². The van der Waals surface area contributed by atoms with Crippen LogP contribution in [-0.2, 0) is 4.79 Å². The molecule has 0 aliphatic rings. The molecule has 7 heteroatoms. The van der Waals surface area contributed by atoms with Gasteiger partial charge in [-0.1, -0.05) is 30.3 Å². The predicted octanol–water partition coefficient (Wildman–Crippen LogP) is 4.79. The molecule has 4 rings (SSSR count). The van der Waals surface area contributed by atoms with Crippen molar-refractivity contribution in [2.45, 2.75) is 13.8 Å². The Bertz CT molecular complexity index is 1270. The molecule has 0 aliphatic heterocycles. The van der Waals surface area contributed by atoms with E-state index in [0.717, 1.165) is 22.4 Å². The number of nitrogens with zero attached hydrogens (tertiary/aromatic N) is 1. The third-order valence-corrected chi connectivity index (χ3v) is 5.09. The molecule has 4 N–H and O–H groups in total. The van der Waals surface area contributed by atoms with Gasteiger partial charge in [-0.25, -0.2) is 0 Å². The molecule has 0 atom stereocenters. The maximum absolute atomic E-state index is 12.2. The second-order valence-electron chi connectivity index (χ2n) is 7.45. The minimum Gasteiger partial charge on any atom is -0.508 e. The SMILES string of the molecule is Cc1cc(O)ccc1NC(=O)COc1ccc(-c2n[nH]c(C)c2-c2ccccc2)c(O)c1. The Labute approximate surface area is 185 Å². The van der Waals surface area contributed by atoms with Gasteiger partial charge in [0.25, 0.3) is 5.91 Å². The summed E-state index contributed by atoms with van der Waals surface area (Å²) in [4.78, 5) is 12.2. The summed E-state index contributed by atoms with van der Waals surface area (Å²) in [7, 11) is 0. The second kappa shape index (κ2) is 8.85. The molecular weight excluding hydrogens is 406 g/mol. The molecule has 0 unspecified atom stereocenters. The molecule has 7 nitrogen and oxygen atoms in total. The minimum absolute atomic E-state index is 0.000897. The Morgan fingerprint density at radius 2 is 1.81 bits per heavy atom. The molecule has 1 amide bonds. The fraction of sp³-hybridized carbons (Fsp3) is 0.120. The van der Waals surface area contributed by atoms with Gasteiger partial charge in [-0.3, -0.25) is 9.89 Å². The van der Waals surface area contributed by atoms with Crippen LogP contribution < -0.4 is 10.1 Å². The maximum atomic E-state index is 12.2. The van der Waals surface area contributed by atoms with Gasteiger partial charge in [-0.2, -0.15) is 5.10 Å². The number of amides is 1. The summed E-state index contributed by atoms with van der Waals surface area (Å²) in [5.41, 5.74) is 5.34. The molecule has 32 heavy (non-hydrogen) atoms. The van der Waals surface area contributed by atoms with E-state index in [1.165, 1.54) is 12.1 Å². The number of hydrogen-bond donors (Lipinski definition) is 4. The van der Waals surface area contributed by atoms with Crippen LogP contribution in [0.25, 0.3) is 22.4 Å². The Morgan fingerprint density at radius 3 is 2.53 bits per heavy atom. The van der Waals surface area contributed by atoms with E-state index in [1.54, 1.807) is 31.2 Å². The summed E-state index contributed by atoms with van der Waals surface area (Å²) in [5.74, 6) is 0.143. The first kappa shape index (κ1) is 21.0. The molecule has 3 aromatic carbocycles. The van der Waals surface area contributed by atoms with E-state index in [0.29, 0.717) is 22.7 Å². The zero-order chi connectivity index (χ0) is 22.7. The van der Waals surface area contributed by atoms with E-state index in [9.17, 15) is 15.0 Å². The topological polar surface area (TPSA) is 107 Å². The Morgan fingerprint density at radius 1 is 1.03 bits per heavy atom. The number of nitrogens with one attached hydrogen (secondary N) is 2. The van der Waals surface area contributed by atoms with Crippen molar-refractivity contribution in [2.24, 2.45) is 0 Å². The van der Waals surface area contributed by atoms with E-state index in [4.69, 9.17) is 4.74 Å². The monoisotopic (exact) mass is 429 g/mol. The number of anilines is 1. The molecule has 0 bridgehead atoms. The first-order valence-electron chi connectivity index (χ1n) is 10.1. The molecule has 0 aliphatic carbocycles. The van der Waals surface area contributed by atoms with Gasteiger partial charge in [0.2, 0.25) is 0 Å². The number of aryl methyl sites for hydroxylation is 2. The number of benzene rings is 3. The van der Waals surface area contributed by atoms with E-state index < -0.39 is 0 Å². The normalized spacial score (nSPS) is 10.7. The molecule has 0 radical (unpaired) electrons. The number of aromatic hydroxyl groups is 2. The first-order chi connectivity index (χ1) is 15.4. The second-order valence-corrected chi connectivity index (χ2v) is 7.45. The van der Waals surface area contributed by atoms with Crippen molar-refractivity contribution >= 4 is 11.6 Å². The van der Waals surface area contributed by atoms with E-state index >= 15 is 0 Å². The third-order valence-electron chi connectivity index (χ3n) is 5.09. The number of aromatic nitrogens is 2. The van der Waals surface area contributed by atoms with Crippen LogP contribution in [0.5, 0.6) is 17.2 Å². The number of H-pyrrole nitrogens is 1. The van der Waals surface area contributed by atoms with Crippen molar-refractivity contribution in [1.29, 1.82) is 0 Å². The first-order valence-corrected chi connectivity index (χ1v) is 10.1. The Hall–Kier alpha value is -4.26. The summed E-state index contributed by atoms with van der Waals surface area (Å²) in [5, 5.41) is 30.2. The minimum atomic E-state index is -0.350. The van der Waals surface area contributed by atoms with Crippen molar-refractivity contribution in [2.75, 3.05) is 11.9 Å². The number of carbonyl (C=O) groups is 1. The highest BCUT2D eigenvalue weighted by Crippen LogP contribution is 2.38. The molecule has 0 saturated carbocycles. The number of ether oxygens (including phenoxy) is 1. The molecule has 0 fully saturated rings. The van der Waals surface area contributed by atoms with Gasteiger partial charge in [0, 0.05) is 28.6 Å². The summed E-state index contributed by atoms with van der Waals surface area (Å²) in [6.45, 7) is 3.49. The van der Waals surface area contributed by atoms with Crippen molar-refractivity contribution < 1.29 is 19.7 Å². The largest absolute Gasteiger partial charge is 0.508 e. The van der Waals surface area contributed by atoms with Crippen LogP contribution in [0.1, 0.15) is 11.3 Å². The number of phenols is 2. The lowest BCUT2D eigenvalue weighted by atomic mass is 9.99. The van der Waals surface area contributed by atoms with Crippen LogP contribution in [0.2, 0.25) is 0 Å². The summed E-state index contributed by atoms with van der Waals surface area (Å²) >= 11 is 0. The Balaban J connectivity index is 1.48. The van der Waals surface area contributed by atoms with Gasteiger partial charge >= 0.3 is 0 Å². The average molecular weight is 429 g/mol. The zero-order valence-corrected chi connectivity index (χ0v) is 17.7. The van der Waals surface area contributed by atoms with Gasteiger partial charge in [0.1, 0.15) is 22.9 Å². The van der Waals surface area contributed by atoms with E-state index in [-0.39, 0.29) is 24.0 Å². The molecule has 1 heterocycles. The standard InChI is InChI=1S/C25H23N3O4/c1-15-12-18(29)8-11-21(15)26-23(31)14-32-19-9-10-20(22(30)13-19)25-24(16(2)27-28-25)17-6-4-3-5-7-17/h3-13,29-30H,14H2,1-2H3,(H,26,31)(H,27,28). The fourth-order valence-corrected chi connectivity index (χ4v) is 3.51. The van der Waals surface area contributed by atoms with Gasteiger partial charge in [-0.05, 0) is 55.3 Å². The van der Waals surface area contributed by atoms with E-state index in [1.807, 2.05) is 37.3 Å². The number of hydrogen-bond acceptors (Lipinski definition) is 5. The van der Waals surface area contributed by atoms with Crippen LogP contribution >= 0.6 is 0 Å². The van der Waals surface area contributed by atoms with E-state index in [2.05, 4.69) is 15.5 Å². The number of aromatic amines is 1. The van der Waals surface area contributed by atoms with Gasteiger partial charge < -0.3 is 20.3 Å². The van der Waals surface area contributed by atoms with Crippen LogP contribution in [0.3, 0.4) is 0 Å². The van der Waals surface area contributed by atoms with Crippen LogP contribution in [0.15, 0.2) is 66.7 Å². The zero-order valence-electron chi connectivity index (χ0n) is 17.7. The lowest BCUT2D eigenvalue weighted by Gasteiger charge is -2.11. The van der Waals surface area contributed by atoms with Crippen LogP contribution in [0, 0.1) is 13.8 Å². The Kier molecular flexibility index (Phi) is 5.81.